The fourth-order valence-electron chi connectivity index (χ4n) is 3.06. The molecule has 0 spiro atoms. The highest BCUT2D eigenvalue weighted by Gasteiger charge is 2.10. The first-order valence-electron chi connectivity index (χ1n) is 9.61. The molecule has 4 aromatic rings. The summed E-state index contributed by atoms with van der Waals surface area (Å²) in [6, 6.07) is 8.96. The summed E-state index contributed by atoms with van der Waals surface area (Å²) < 4.78 is 1.50. The Morgan fingerprint density at radius 2 is 2.07 bits per heavy atom. The number of nitrogens with zero attached hydrogens (tertiary/aromatic N) is 4. The van der Waals surface area contributed by atoms with E-state index >= 15 is 0 Å². The van der Waals surface area contributed by atoms with Crippen molar-refractivity contribution in [3.05, 3.63) is 53.1 Å². The first-order valence-corrected chi connectivity index (χ1v) is 9.61. The molecule has 0 unspecified atom stereocenters. The number of fused-ring (bicyclic) bond motifs is 1. The number of hydrogen-bond acceptors (Lipinski definition) is 6. The molecule has 10 heteroatoms. The van der Waals surface area contributed by atoms with Gasteiger partial charge in [-0.1, -0.05) is 0 Å². The molecule has 4 rings (SSSR count). The number of amides is 1. The summed E-state index contributed by atoms with van der Waals surface area (Å²) in [5.41, 5.74) is 2.29. The molecular weight excluding hydrogens is 384 g/mol. The van der Waals surface area contributed by atoms with Crippen molar-refractivity contribution in [3.8, 4) is 11.4 Å². The fraction of sp³-hybridized carbons (Fsp3) is 0.250. The van der Waals surface area contributed by atoms with Crippen LogP contribution < -0.4 is 16.2 Å². The zero-order chi connectivity index (χ0) is 21.1. The van der Waals surface area contributed by atoms with Gasteiger partial charge in [-0.05, 0) is 38.1 Å². The summed E-state index contributed by atoms with van der Waals surface area (Å²) >= 11 is 0. The van der Waals surface area contributed by atoms with Crippen LogP contribution in [0.1, 0.15) is 20.3 Å². The number of carbonyl (C=O) groups is 1. The van der Waals surface area contributed by atoms with Crippen LogP contribution >= 0.6 is 0 Å². The Balaban J connectivity index is 1.48. The lowest BCUT2D eigenvalue weighted by Crippen LogP contribution is -2.31. The highest BCUT2D eigenvalue weighted by atomic mass is 16.2. The smallest absolute Gasteiger partial charge is 0.250 e. The standard InChI is InChI=1S/C20H22N8O2/c1-12(2)22-17(29)7-8-28-11-13(3-6-18(28)30)19-24-20(27-26-19)23-15-4-5-16-14(9-15)10-21-25-16/h3-6,9-12H,7-8H2,1-2H3,(H,21,25)(H,22,29)(H2,23,24,26,27). The van der Waals surface area contributed by atoms with Crippen molar-refractivity contribution in [2.45, 2.75) is 32.9 Å². The van der Waals surface area contributed by atoms with Crippen LogP contribution in [0.5, 0.6) is 0 Å². The number of hydrogen-bond donors (Lipinski definition) is 4. The van der Waals surface area contributed by atoms with E-state index in [2.05, 4.69) is 36.0 Å². The molecule has 3 heterocycles. The summed E-state index contributed by atoms with van der Waals surface area (Å²) in [5, 5.41) is 20.9. The molecule has 0 saturated heterocycles. The van der Waals surface area contributed by atoms with Gasteiger partial charge < -0.3 is 15.2 Å². The summed E-state index contributed by atoms with van der Waals surface area (Å²) in [6.07, 6.45) is 3.64. The average molecular weight is 406 g/mol. The highest BCUT2D eigenvalue weighted by molar-refractivity contribution is 5.82. The van der Waals surface area contributed by atoms with E-state index in [9.17, 15) is 9.59 Å². The molecule has 10 nitrogen and oxygen atoms in total. The number of rotatable bonds is 7. The number of pyridine rings is 1. The minimum atomic E-state index is -0.178. The molecule has 0 saturated carbocycles. The van der Waals surface area contributed by atoms with E-state index in [0.29, 0.717) is 17.3 Å². The molecule has 0 aliphatic rings. The fourth-order valence-corrected chi connectivity index (χ4v) is 3.06. The number of benzene rings is 1. The Morgan fingerprint density at radius 3 is 2.90 bits per heavy atom. The third kappa shape index (κ3) is 4.37. The number of H-pyrrole nitrogens is 2. The van der Waals surface area contributed by atoms with Crippen molar-refractivity contribution in [1.29, 1.82) is 0 Å². The third-order valence-electron chi connectivity index (χ3n) is 4.47. The van der Waals surface area contributed by atoms with Gasteiger partial charge in [0, 0.05) is 47.9 Å². The lowest BCUT2D eigenvalue weighted by atomic mass is 10.2. The SMILES string of the molecule is CC(C)NC(=O)CCn1cc(-c2nc(Nc3ccc4[nH]ncc4c3)n[nH]2)ccc1=O. The van der Waals surface area contributed by atoms with Gasteiger partial charge in [0.15, 0.2) is 5.82 Å². The molecule has 3 aromatic heterocycles. The highest BCUT2D eigenvalue weighted by Crippen LogP contribution is 2.21. The van der Waals surface area contributed by atoms with E-state index in [1.54, 1.807) is 18.5 Å². The number of aromatic amines is 2. The second-order valence-corrected chi connectivity index (χ2v) is 7.23. The summed E-state index contributed by atoms with van der Waals surface area (Å²) in [7, 11) is 0. The third-order valence-corrected chi connectivity index (χ3v) is 4.47. The number of nitrogens with one attached hydrogen (secondary N) is 4. The van der Waals surface area contributed by atoms with Crippen LogP contribution in [-0.4, -0.2) is 41.9 Å². The van der Waals surface area contributed by atoms with Gasteiger partial charge in [0.1, 0.15) is 0 Å². The molecule has 1 amide bonds. The molecule has 0 fully saturated rings. The lowest BCUT2D eigenvalue weighted by molar-refractivity contribution is -0.121. The summed E-state index contributed by atoms with van der Waals surface area (Å²) in [4.78, 5) is 28.5. The van der Waals surface area contributed by atoms with E-state index in [4.69, 9.17) is 0 Å². The second-order valence-electron chi connectivity index (χ2n) is 7.23. The van der Waals surface area contributed by atoms with Crippen LogP contribution in [0.3, 0.4) is 0 Å². The van der Waals surface area contributed by atoms with Gasteiger partial charge in [-0.2, -0.15) is 10.1 Å². The number of aromatic nitrogens is 6. The van der Waals surface area contributed by atoms with Crippen molar-refractivity contribution in [3.63, 3.8) is 0 Å². The van der Waals surface area contributed by atoms with Crippen LogP contribution in [0.25, 0.3) is 22.3 Å². The largest absolute Gasteiger partial charge is 0.354 e. The van der Waals surface area contributed by atoms with Crippen molar-refractivity contribution < 1.29 is 4.79 Å². The Hall–Kier alpha value is -3.95. The monoisotopic (exact) mass is 406 g/mol. The van der Waals surface area contributed by atoms with Crippen LogP contribution in [0.15, 0.2) is 47.5 Å². The molecule has 154 valence electrons. The quantitative estimate of drug-likeness (QED) is 0.372. The van der Waals surface area contributed by atoms with Crippen molar-refractivity contribution in [2.75, 3.05) is 5.32 Å². The van der Waals surface area contributed by atoms with E-state index in [-0.39, 0.29) is 30.5 Å². The molecule has 30 heavy (non-hydrogen) atoms. The minimum absolute atomic E-state index is 0.0647. The van der Waals surface area contributed by atoms with E-state index in [1.807, 2.05) is 32.0 Å². The van der Waals surface area contributed by atoms with Crippen LogP contribution in [0.4, 0.5) is 11.6 Å². The second kappa shape index (κ2) is 8.19. The summed E-state index contributed by atoms with van der Waals surface area (Å²) in [5.74, 6) is 0.826. The molecular formula is C20H22N8O2. The van der Waals surface area contributed by atoms with Crippen molar-refractivity contribution >= 4 is 28.4 Å². The van der Waals surface area contributed by atoms with Crippen LogP contribution in [-0.2, 0) is 11.3 Å². The molecule has 1 aromatic carbocycles. The van der Waals surface area contributed by atoms with Gasteiger partial charge in [0.2, 0.25) is 11.9 Å². The average Bonchev–Trinajstić information content (AvgIpc) is 3.36. The van der Waals surface area contributed by atoms with Gasteiger partial charge in [-0.25, -0.2) is 0 Å². The maximum atomic E-state index is 12.1. The van der Waals surface area contributed by atoms with E-state index in [1.165, 1.54) is 10.6 Å². The minimum Gasteiger partial charge on any atom is -0.354 e. The molecule has 0 aliphatic heterocycles. The molecule has 0 atom stereocenters. The van der Waals surface area contributed by atoms with Gasteiger partial charge in [-0.3, -0.25) is 19.8 Å². The van der Waals surface area contributed by atoms with Gasteiger partial charge >= 0.3 is 0 Å². The lowest BCUT2D eigenvalue weighted by Gasteiger charge is -2.10. The maximum absolute atomic E-state index is 12.1. The molecule has 0 radical (unpaired) electrons. The Kier molecular flexibility index (Phi) is 5.29. The summed E-state index contributed by atoms with van der Waals surface area (Å²) in [6.45, 7) is 4.08. The zero-order valence-electron chi connectivity index (χ0n) is 16.6. The van der Waals surface area contributed by atoms with Crippen molar-refractivity contribution in [1.82, 2.24) is 35.3 Å². The zero-order valence-corrected chi connectivity index (χ0v) is 16.6. The van der Waals surface area contributed by atoms with Gasteiger partial charge in [0.25, 0.3) is 5.56 Å². The number of carbonyl (C=O) groups excluding carboxylic acids is 1. The maximum Gasteiger partial charge on any atom is 0.250 e. The van der Waals surface area contributed by atoms with Gasteiger partial charge in [0.05, 0.1) is 11.7 Å². The molecule has 0 aliphatic carbocycles. The Labute approximate surface area is 171 Å². The van der Waals surface area contributed by atoms with Crippen molar-refractivity contribution in [2.24, 2.45) is 0 Å². The first kappa shape index (κ1) is 19.4. The van der Waals surface area contributed by atoms with Crippen LogP contribution in [0.2, 0.25) is 0 Å². The molecule has 4 N–H and O–H groups in total. The predicted molar refractivity (Wildman–Crippen MR) is 113 cm³/mol. The van der Waals surface area contributed by atoms with Crippen LogP contribution in [0, 0.1) is 0 Å². The predicted octanol–water partition coefficient (Wildman–Crippen LogP) is 2.17. The topological polar surface area (TPSA) is 133 Å². The Bertz CT molecular complexity index is 1240. The number of aryl methyl sites for hydroxylation is 1. The number of anilines is 2. The first-order chi connectivity index (χ1) is 14.5. The van der Waals surface area contributed by atoms with E-state index < -0.39 is 0 Å². The van der Waals surface area contributed by atoms with Gasteiger partial charge in [-0.15, -0.1) is 5.10 Å². The Morgan fingerprint density at radius 1 is 1.20 bits per heavy atom. The normalized spacial score (nSPS) is 11.2. The van der Waals surface area contributed by atoms with E-state index in [0.717, 1.165) is 16.6 Å². The molecule has 0 bridgehead atoms.